The molecule has 0 bridgehead atoms. The van der Waals surface area contributed by atoms with Gasteiger partial charge in [-0.05, 0) is 46.6 Å². The van der Waals surface area contributed by atoms with E-state index in [2.05, 4.69) is 15.6 Å². The van der Waals surface area contributed by atoms with Crippen molar-refractivity contribution >= 4 is 41.2 Å². The predicted octanol–water partition coefficient (Wildman–Crippen LogP) is 7.93. The lowest BCUT2D eigenvalue weighted by molar-refractivity contribution is -0.156. The van der Waals surface area contributed by atoms with Crippen LogP contribution < -0.4 is 10.6 Å². The van der Waals surface area contributed by atoms with Crippen LogP contribution in [-0.4, -0.2) is 82.8 Å². The zero-order valence-corrected chi connectivity index (χ0v) is 34.7. The molecule has 0 aliphatic heterocycles. The summed E-state index contributed by atoms with van der Waals surface area (Å²) < 4.78 is 52.9. The minimum atomic E-state index is -4.84. The number of esters is 1. The largest absolute Gasteiger partial charge is 0.481 e. The molecular formula is C44H49F3N4O8S. The number of alkyl carbamates (subject to hydrolysis) is 1. The number of thiazole rings is 1. The number of rotatable bonds is 18. The fraction of sp³-hybridized carbons (Fsp3) is 0.409. The monoisotopic (exact) mass is 850 g/mol. The topological polar surface area (TPSA) is 164 Å². The smallest absolute Gasteiger partial charge is 0.407 e. The molecule has 1 aliphatic rings. The summed E-state index contributed by atoms with van der Waals surface area (Å²) in [5.74, 6) is -4.84. The molecule has 320 valence electrons. The van der Waals surface area contributed by atoms with Crippen LogP contribution in [0, 0.1) is 11.8 Å². The first-order valence-corrected chi connectivity index (χ1v) is 20.4. The molecule has 5 rings (SSSR count). The number of nitrogens with zero attached hydrogens (tertiary/aromatic N) is 2. The van der Waals surface area contributed by atoms with Crippen molar-refractivity contribution in [3.63, 3.8) is 0 Å². The highest BCUT2D eigenvalue weighted by atomic mass is 32.1. The molecular weight excluding hydrogens is 802 g/mol. The zero-order chi connectivity index (χ0) is 43.7. The highest BCUT2D eigenvalue weighted by molar-refractivity contribution is 7.09. The molecule has 4 aromatic rings. The van der Waals surface area contributed by atoms with Crippen molar-refractivity contribution in [3.8, 4) is 11.1 Å². The van der Waals surface area contributed by atoms with Crippen LogP contribution in [0.2, 0.25) is 0 Å². The van der Waals surface area contributed by atoms with E-state index >= 15 is 0 Å². The molecule has 1 heterocycles. The summed E-state index contributed by atoms with van der Waals surface area (Å²) in [6, 6.07) is 21.0. The van der Waals surface area contributed by atoms with E-state index in [1.807, 2.05) is 78.9 Å². The molecule has 12 nitrogen and oxygen atoms in total. The second-order valence-corrected chi connectivity index (χ2v) is 16.2. The van der Waals surface area contributed by atoms with Crippen LogP contribution in [0.4, 0.5) is 18.0 Å². The third-order valence-electron chi connectivity index (χ3n) is 10.5. The number of aromatic nitrogens is 1. The molecule has 3 amide bonds. The standard InChI is InChI=1S/C44H49F3N4O8S/c1-25(2)37(21-38(59-27(4)52)40-49-36(24-60-40)39(53)48-29(19-26(3)42(55)56)20-28-13-7-6-8-14-28)51(5)41(54)35(22-44(45,46)47)50-43(57)58-23-34-32-17-11-9-15-30(32)31-16-10-12-18-33(31)34/h6-18,24-26,29,34-35,37-38H,19-23H2,1-5H3,(H,48,53)(H,50,57)(H,55,56). The van der Waals surface area contributed by atoms with Crippen LogP contribution in [-0.2, 0) is 30.3 Å². The summed E-state index contributed by atoms with van der Waals surface area (Å²) in [4.78, 5) is 70.1. The van der Waals surface area contributed by atoms with E-state index in [1.54, 1.807) is 20.8 Å². The number of carboxylic acid groups (broad SMARTS) is 1. The first-order chi connectivity index (χ1) is 28.4. The lowest BCUT2D eigenvalue weighted by Gasteiger charge is -2.35. The number of amides is 3. The highest BCUT2D eigenvalue weighted by Crippen LogP contribution is 2.44. The Labute approximate surface area is 350 Å². The summed E-state index contributed by atoms with van der Waals surface area (Å²) in [6.07, 6.45) is -8.41. The van der Waals surface area contributed by atoms with E-state index in [0.717, 1.165) is 44.1 Å². The van der Waals surface area contributed by atoms with E-state index in [0.29, 0.717) is 6.42 Å². The van der Waals surface area contributed by atoms with Gasteiger partial charge in [-0.3, -0.25) is 19.2 Å². The number of hydrogen-bond donors (Lipinski definition) is 3. The van der Waals surface area contributed by atoms with Gasteiger partial charge in [-0.1, -0.05) is 99.6 Å². The van der Waals surface area contributed by atoms with Gasteiger partial charge < -0.3 is 30.1 Å². The Morgan fingerprint density at radius 3 is 2.05 bits per heavy atom. The minimum Gasteiger partial charge on any atom is -0.481 e. The molecule has 0 radical (unpaired) electrons. The SMILES string of the molecule is CC(=O)OC(CC(C(C)C)N(C)C(=O)C(CC(F)(F)F)NC(=O)OCC1c2ccccc2-c2ccccc21)c1nc(C(=O)NC(Cc2ccccc2)CC(C)C(=O)O)cs1. The number of benzene rings is 3. The van der Waals surface area contributed by atoms with Crippen molar-refractivity contribution < 1.29 is 51.7 Å². The van der Waals surface area contributed by atoms with Crippen molar-refractivity contribution in [2.24, 2.45) is 11.8 Å². The number of nitrogens with one attached hydrogen (secondary N) is 2. The van der Waals surface area contributed by atoms with Gasteiger partial charge in [0.1, 0.15) is 23.4 Å². The summed E-state index contributed by atoms with van der Waals surface area (Å²) in [6.45, 7) is 6.02. The number of hydrogen-bond acceptors (Lipinski definition) is 9. The fourth-order valence-corrected chi connectivity index (χ4v) is 8.38. The molecule has 1 aliphatic carbocycles. The average Bonchev–Trinajstić information content (AvgIpc) is 3.81. The lowest BCUT2D eigenvalue weighted by Crippen LogP contribution is -2.53. The first kappa shape index (κ1) is 45.3. The minimum absolute atomic E-state index is 0.0174. The Morgan fingerprint density at radius 2 is 1.48 bits per heavy atom. The number of likely N-dealkylation sites (N-methyl/N-ethyl adjacent to an activating group) is 1. The van der Waals surface area contributed by atoms with Gasteiger partial charge in [0.25, 0.3) is 5.91 Å². The summed E-state index contributed by atoms with van der Waals surface area (Å²) in [5.41, 5.74) is 4.61. The second kappa shape index (κ2) is 20.0. The number of fused-ring (bicyclic) bond motifs is 3. The molecule has 1 aromatic heterocycles. The first-order valence-electron chi connectivity index (χ1n) is 19.6. The molecule has 16 heteroatoms. The summed E-state index contributed by atoms with van der Waals surface area (Å²) in [7, 11) is 1.31. The van der Waals surface area contributed by atoms with Crippen molar-refractivity contribution in [1.82, 2.24) is 20.5 Å². The van der Waals surface area contributed by atoms with Crippen molar-refractivity contribution in [3.05, 3.63) is 112 Å². The third kappa shape index (κ3) is 11.9. The van der Waals surface area contributed by atoms with Crippen molar-refractivity contribution in [2.45, 2.75) is 89.7 Å². The maximum atomic E-state index is 13.9. The van der Waals surface area contributed by atoms with E-state index in [1.165, 1.54) is 19.4 Å². The van der Waals surface area contributed by atoms with Gasteiger partial charge in [0, 0.05) is 43.8 Å². The van der Waals surface area contributed by atoms with Gasteiger partial charge in [0.05, 0.1) is 12.3 Å². The molecule has 3 aromatic carbocycles. The number of ether oxygens (including phenoxy) is 2. The van der Waals surface area contributed by atoms with E-state index in [4.69, 9.17) is 9.47 Å². The summed E-state index contributed by atoms with van der Waals surface area (Å²) in [5, 5.41) is 16.2. The molecule has 0 saturated carbocycles. The van der Waals surface area contributed by atoms with E-state index < -0.39 is 78.5 Å². The second-order valence-electron chi connectivity index (χ2n) is 15.3. The van der Waals surface area contributed by atoms with Crippen LogP contribution >= 0.6 is 11.3 Å². The Bertz CT molecular complexity index is 2100. The van der Waals surface area contributed by atoms with Crippen molar-refractivity contribution in [2.75, 3.05) is 13.7 Å². The Balaban J connectivity index is 1.29. The van der Waals surface area contributed by atoms with Crippen molar-refractivity contribution in [1.29, 1.82) is 0 Å². The van der Waals surface area contributed by atoms with Gasteiger partial charge in [0.2, 0.25) is 5.91 Å². The molecule has 60 heavy (non-hydrogen) atoms. The number of carbonyl (C=O) groups excluding carboxylic acids is 4. The quantitative estimate of drug-likeness (QED) is 0.0844. The summed E-state index contributed by atoms with van der Waals surface area (Å²) >= 11 is 1.01. The Hall–Kier alpha value is -5.77. The molecule has 5 atom stereocenters. The average molecular weight is 851 g/mol. The fourth-order valence-electron chi connectivity index (χ4n) is 7.54. The van der Waals surface area contributed by atoms with Crippen LogP contribution in [0.15, 0.2) is 84.2 Å². The molecule has 5 unspecified atom stereocenters. The Morgan fingerprint density at radius 1 is 0.883 bits per heavy atom. The molecule has 0 saturated heterocycles. The van der Waals surface area contributed by atoms with Crippen LogP contribution in [0.25, 0.3) is 11.1 Å². The number of halogens is 3. The number of carbonyl (C=O) groups is 5. The molecule has 3 N–H and O–H groups in total. The number of carboxylic acids is 1. The maximum Gasteiger partial charge on any atom is 0.407 e. The third-order valence-corrected chi connectivity index (χ3v) is 11.4. The lowest BCUT2D eigenvalue weighted by atomic mass is 9.95. The Kier molecular flexibility index (Phi) is 15.1. The van der Waals surface area contributed by atoms with Gasteiger partial charge in [-0.15, -0.1) is 11.3 Å². The zero-order valence-electron chi connectivity index (χ0n) is 33.9. The van der Waals surface area contributed by atoms with Gasteiger partial charge in [-0.25, -0.2) is 9.78 Å². The number of aliphatic carboxylic acids is 1. The molecule has 0 fully saturated rings. The van der Waals surface area contributed by atoms with Crippen LogP contribution in [0.1, 0.15) is 91.2 Å². The van der Waals surface area contributed by atoms with Crippen LogP contribution in [0.3, 0.4) is 0 Å². The van der Waals surface area contributed by atoms with E-state index in [-0.39, 0.29) is 36.1 Å². The van der Waals surface area contributed by atoms with Crippen LogP contribution in [0.5, 0.6) is 0 Å². The van der Waals surface area contributed by atoms with Gasteiger partial charge >= 0.3 is 24.2 Å². The predicted molar refractivity (Wildman–Crippen MR) is 218 cm³/mol. The van der Waals surface area contributed by atoms with Gasteiger partial charge in [-0.2, -0.15) is 13.2 Å². The molecule has 0 spiro atoms. The highest BCUT2D eigenvalue weighted by Gasteiger charge is 2.41. The maximum absolute atomic E-state index is 13.9. The normalized spacial score (nSPS) is 14.8. The number of alkyl halides is 3. The van der Waals surface area contributed by atoms with Gasteiger partial charge in [0.15, 0.2) is 6.10 Å². The van der Waals surface area contributed by atoms with E-state index in [9.17, 15) is 42.3 Å².